The third-order valence-electron chi connectivity index (χ3n) is 3.23. The maximum absolute atomic E-state index is 12.1. The molecule has 20 heavy (non-hydrogen) atoms. The van der Waals surface area contributed by atoms with Crippen molar-refractivity contribution in [1.29, 1.82) is 0 Å². The Labute approximate surface area is 128 Å². The number of aliphatic hydroxyl groups excluding tert-OH is 1. The maximum Gasteiger partial charge on any atom is 0.261 e. The summed E-state index contributed by atoms with van der Waals surface area (Å²) < 4.78 is 6.42. The standard InChI is InChI=1S/C15H22BrNO3/c1-5-15(3,4)17-14(19)10(2)20-13-11(9-18)7-6-8-12(13)16/h6-8,10,18H,5,9H2,1-4H3,(H,17,19). The Morgan fingerprint density at radius 1 is 1.50 bits per heavy atom. The van der Waals surface area contributed by atoms with Crippen LogP contribution in [0.15, 0.2) is 22.7 Å². The van der Waals surface area contributed by atoms with Crippen molar-refractivity contribution in [3.05, 3.63) is 28.2 Å². The highest BCUT2D eigenvalue weighted by Gasteiger charge is 2.24. The molecule has 0 aliphatic carbocycles. The summed E-state index contributed by atoms with van der Waals surface area (Å²) in [5.74, 6) is 0.337. The lowest BCUT2D eigenvalue weighted by molar-refractivity contribution is -0.129. The topological polar surface area (TPSA) is 58.6 Å². The first-order valence-electron chi connectivity index (χ1n) is 6.67. The zero-order valence-electron chi connectivity index (χ0n) is 12.4. The van der Waals surface area contributed by atoms with Crippen molar-refractivity contribution in [2.75, 3.05) is 0 Å². The first-order valence-corrected chi connectivity index (χ1v) is 7.47. The Morgan fingerprint density at radius 3 is 2.70 bits per heavy atom. The molecule has 1 rings (SSSR count). The number of para-hydroxylation sites is 1. The van der Waals surface area contributed by atoms with Gasteiger partial charge in [0.15, 0.2) is 6.10 Å². The molecule has 1 unspecified atom stereocenters. The number of benzene rings is 1. The summed E-state index contributed by atoms with van der Waals surface area (Å²) in [5, 5.41) is 12.3. The minimum absolute atomic E-state index is 0.135. The van der Waals surface area contributed by atoms with Gasteiger partial charge in [0.25, 0.3) is 5.91 Å². The smallest absolute Gasteiger partial charge is 0.261 e. The third-order valence-corrected chi connectivity index (χ3v) is 3.85. The lowest BCUT2D eigenvalue weighted by Gasteiger charge is -2.27. The van der Waals surface area contributed by atoms with E-state index < -0.39 is 6.10 Å². The van der Waals surface area contributed by atoms with Crippen LogP contribution in [0, 0.1) is 0 Å². The Hall–Kier alpha value is -1.07. The second kappa shape index (κ2) is 7.09. The van der Waals surface area contributed by atoms with Crippen LogP contribution in [0.5, 0.6) is 5.75 Å². The van der Waals surface area contributed by atoms with E-state index in [1.807, 2.05) is 32.9 Å². The normalized spacial score (nSPS) is 12.9. The molecule has 0 heterocycles. The summed E-state index contributed by atoms with van der Waals surface area (Å²) in [6, 6.07) is 5.39. The fourth-order valence-corrected chi connectivity index (χ4v) is 2.06. The van der Waals surface area contributed by atoms with Gasteiger partial charge in [-0.1, -0.05) is 19.1 Å². The van der Waals surface area contributed by atoms with Crippen LogP contribution in [0.1, 0.15) is 39.7 Å². The van der Waals surface area contributed by atoms with E-state index in [0.29, 0.717) is 11.3 Å². The van der Waals surface area contributed by atoms with Crippen molar-refractivity contribution in [3.63, 3.8) is 0 Å². The monoisotopic (exact) mass is 343 g/mol. The van der Waals surface area contributed by atoms with Gasteiger partial charge in [-0.15, -0.1) is 0 Å². The molecule has 5 heteroatoms. The number of ether oxygens (including phenoxy) is 1. The van der Waals surface area contributed by atoms with E-state index in [1.165, 1.54) is 0 Å². The molecule has 0 aromatic heterocycles. The Bertz CT molecular complexity index is 474. The number of halogens is 1. The van der Waals surface area contributed by atoms with Gasteiger partial charge >= 0.3 is 0 Å². The Kier molecular flexibility index (Phi) is 6.02. The van der Waals surface area contributed by atoms with Crippen LogP contribution < -0.4 is 10.1 Å². The van der Waals surface area contributed by atoms with E-state index in [0.717, 1.165) is 10.9 Å². The number of amides is 1. The van der Waals surface area contributed by atoms with Crippen molar-refractivity contribution in [1.82, 2.24) is 5.32 Å². The molecule has 0 saturated carbocycles. The van der Waals surface area contributed by atoms with Crippen molar-refractivity contribution < 1.29 is 14.6 Å². The molecule has 0 aliphatic rings. The second-order valence-electron chi connectivity index (χ2n) is 5.37. The number of carbonyl (C=O) groups excluding carboxylic acids is 1. The van der Waals surface area contributed by atoms with Crippen LogP contribution in [0.4, 0.5) is 0 Å². The molecule has 1 aromatic carbocycles. The van der Waals surface area contributed by atoms with E-state index in [2.05, 4.69) is 21.2 Å². The van der Waals surface area contributed by atoms with E-state index in [-0.39, 0.29) is 18.1 Å². The Morgan fingerprint density at radius 2 is 2.15 bits per heavy atom. The van der Waals surface area contributed by atoms with E-state index in [9.17, 15) is 9.90 Å². The highest BCUT2D eigenvalue weighted by atomic mass is 79.9. The molecule has 0 spiro atoms. The molecule has 4 nitrogen and oxygen atoms in total. The van der Waals surface area contributed by atoms with Gasteiger partial charge in [-0.3, -0.25) is 4.79 Å². The molecule has 1 amide bonds. The van der Waals surface area contributed by atoms with Crippen LogP contribution in [0.2, 0.25) is 0 Å². The fourth-order valence-electron chi connectivity index (χ4n) is 1.56. The summed E-state index contributed by atoms with van der Waals surface area (Å²) in [6.45, 7) is 7.51. The van der Waals surface area contributed by atoms with Crippen molar-refractivity contribution in [2.45, 2.75) is 52.4 Å². The average molecular weight is 344 g/mol. The van der Waals surface area contributed by atoms with Crippen molar-refractivity contribution in [3.8, 4) is 5.75 Å². The first-order chi connectivity index (χ1) is 9.30. The molecular weight excluding hydrogens is 322 g/mol. The molecular formula is C15H22BrNO3. The average Bonchev–Trinajstić information content (AvgIpc) is 2.40. The van der Waals surface area contributed by atoms with Crippen LogP contribution in [0.3, 0.4) is 0 Å². The van der Waals surface area contributed by atoms with Gasteiger partial charge in [0.2, 0.25) is 0 Å². The lowest BCUT2D eigenvalue weighted by Crippen LogP contribution is -2.48. The summed E-state index contributed by atoms with van der Waals surface area (Å²) in [7, 11) is 0. The van der Waals surface area contributed by atoms with Crippen molar-refractivity contribution >= 4 is 21.8 Å². The first kappa shape index (κ1) is 17.0. The zero-order valence-corrected chi connectivity index (χ0v) is 14.0. The molecule has 1 atom stereocenters. The SMILES string of the molecule is CCC(C)(C)NC(=O)C(C)Oc1c(Br)cccc1CO. The number of nitrogens with one attached hydrogen (secondary N) is 1. The molecule has 0 bridgehead atoms. The van der Waals surface area contributed by atoms with Gasteiger partial charge in [-0.25, -0.2) is 0 Å². The molecule has 0 fully saturated rings. The van der Waals surface area contributed by atoms with Crippen LogP contribution in [-0.2, 0) is 11.4 Å². The molecule has 2 N–H and O–H groups in total. The van der Waals surface area contributed by atoms with Gasteiger partial charge < -0.3 is 15.2 Å². The molecule has 0 aliphatic heterocycles. The van der Waals surface area contributed by atoms with Gasteiger partial charge in [0.1, 0.15) is 5.75 Å². The molecule has 1 aromatic rings. The third kappa shape index (κ3) is 4.49. The predicted octanol–water partition coefficient (Wildman–Crippen LogP) is 3.01. The summed E-state index contributed by atoms with van der Waals surface area (Å²) in [6.07, 6.45) is 0.201. The number of hydrogen-bond acceptors (Lipinski definition) is 3. The lowest BCUT2D eigenvalue weighted by atomic mass is 10.0. The van der Waals surface area contributed by atoms with Crippen LogP contribution in [0.25, 0.3) is 0 Å². The number of rotatable bonds is 6. The summed E-state index contributed by atoms with van der Waals surface area (Å²) in [5.41, 5.74) is 0.386. The summed E-state index contributed by atoms with van der Waals surface area (Å²) in [4.78, 5) is 12.1. The number of carbonyl (C=O) groups is 1. The maximum atomic E-state index is 12.1. The Balaban J connectivity index is 2.81. The largest absolute Gasteiger partial charge is 0.479 e. The second-order valence-corrected chi connectivity index (χ2v) is 6.23. The minimum Gasteiger partial charge on any atom is -0.479 e. The summed E-state index contributed by atoms with van der Waals surface area (Å²) >= 11 is 3.37. The zero-order chi connectivity index (χ0) is 15.3. The molecule has 0 saturated heterocycles. The van der Waals surface area contributed by atoms with Gasteiger partial charge in [0.05, 0.1) is 11.1 Å². The predicted molar refractivity (Wildman–Crippen MR) is 82.7 cm³/mol. The number of aliphatic hydroxyl groups is 1. The van der Waals surface area contributed by atoms with E-state index in [4.69, 9.17) is 4.74 Å². The van der Waals surface area contributed by atoms with Crippen LogP contribution >= 0.6 is 15.9 Å². The van der Waals surface area contributed by atoms with Gasteiger partial charge in [-0.05, 0) is 49.2 Å². The van der Waals surface area contributed by atoms with Gasteiger partial charge in [0, 0.05) is 11.1 Å². The fraction of sp³-hybridized carbons (Fsp3) is 0.533. The highest BCUT2D eigenvalue weighted by molar-refractivity contribution is 9.10. The van der Waals surface area contributed by atoms with E-state index in [1.54, 1.807) is 13.0 Å². The molecule has 0 radical (unpaired) electrons. The number of hydrogen-bond donors (Lipinski definition) is 2. The molecule has 112 valence electrons. The van der Waals surface area contributed by atoms with Crippen molar-refractivity contribution in [2.24, 2.45) is 0 Å². The van der Waals surface area contributed by atoms with Crippen LogP contribution in [-0.4, -0.2) is 22.7 Å². The highest BCUT2D eigenvalue weighted by Crippen LogP contribution is 2.30. The van der Waals surface area contributed by atoms with Gasteiger partial charge in [-0.2, -0.15) is 0 Å². The quantitative estimate of drug-likeness (QED) is 0.834. The van der Waals surface area contributed by atoms with E-state index >= 15 is 0 Å². The minimum atomic E-state index is -0.634.